The van der Waals surface area contributed by atoms with E-state index >= 15 is 0 Å². The predicted molar refractivity (Wildman–Crippen MR) is 93.4 cm³/mol. The molecule has 0 amide bonds. The molecule has 1 unspecified atom stereocenters. The zero-order valence-corrected chi connectivity index (χ0v) is 15.2. The van der Waals surface area contributed by atoms with Gasteiger partial charge < -0.3 is 14.6 Å². The molecule has 0 spiro atoms. The molecule has 1 heterocycles. The number of benzene rings is 1. The summed E-state index contributed by atoms with van der Waals surface area (Å²) in [6.45, 7) is 8.85. The Morgan fingerprint density at radius 1 is 1.26 bits per heavy atom. The van der Waals surface area contributed by atoms with Crippen molar-refractivity contribution in [1.82, 2.24) is 15.5 Å². The summed E-state index contributed by atoms with van der Waals surface area (Å²) in [4.78, 5) is 4.34. The van der Waals surface area contributed by atoms with Gasteiger partial charge in [0.25, 0.3) is 5.89 Å². The molecule has 0 saturated carbocycles. The molecule has 0 radical (unpaired) electrons. The third kappa shape index (κ3) is 5.52. The topological polar surface area (TPSA) is 60.2 Å². The molecule has 1 aromatic heterocycles. The van der Waals surface area contributed by atoms with E-state index in [-0.39, 0.29) is 12.4 Å². The number of halogens is 1. The summed E-state index contributed by atoms with van der Waals surface area (Å²) in [5, 5.41) is 7.11. The number of aromatic nitrogens is 2. The molecule has 1 atom stereocenters. The zero-order valence-electron chi connectivity index (χ0n) is 14.4. The maximum Gasteiger partial charge on any atom is 0.264 e. The van der Waals surface area contributed by atoms with E-state index in [0.717, 1.165) is 12.2 Å². The second-order valence-electron chi connectivity index (χ2n) is 5.96. The summed E-state index contributed by atoms with van der Waals surface area (Å²) in [6, 6.07) is 6.47. The fourth-order valence-corrected chi connectivity index (χ4v) is 2.34. The molecule has 2 aromatic rings. The van der Waals surface area contributed by atoms with Crippen molar-refractivity contribution < 1.29 is 9.26 Å². The molecular formula is C17H26ClN3O2. The zero-order chi connectivity index (χ0) is 16.1. The predicted octanol–water partition coefficient (Wildman–Crippen LogP) is 3.65. The first-order valence-corrected chi connectivity index (χ1v) is 7.71. The average molecular weight is 340 g/mol. The van der Waals surface area contributed by atoms with Crippen LogP contribution in [0.4, 0.5) is 0 Å². The normalized spacial score (nSPS) is 12.1. The maximum atomic E-state index is 5.74. The Kier molecular flexibility index (Phi) is 7.52. The highest BCUT2D eigenvalue weighted by atomic mass is 35.5. The van der Waals surface area contributed by atoms with Crippen molar-refractivity contribution in [1.29, 1.82) is 0 Å². The van der Waals surface area contributed by atoms with Gasteiger partial charge in [-0.15, -0.1) is 12.4 Å². The first kappa shape index (κ1) is 19.5. The monoisotopic (exact) mass is 339 g/mol. The van der Waals surface area contributed by atoms with Crippen LogP contribution in [0.25, 0.3) is 0 Å². The first-order valence-electron chi connectivity index (χ1n) is 7.71. The molecule has 0 aliphatic heterocycles. The van der Waals surface area contributed by atoms with Crippen molar-refractivity contribution in [2.45, 2.75) is 52.7 Å². The Balaban J connectivity index is 0.00000264. The van der Waals surface area contributed by atoms with Gasteiger partial charge in [0.1, 0.15) is 5.75 Å². The van der Waals surface area contributed by atoms with Crippen LogP contribution < -0.4 is 10.1 Å². The fourth-order valence-electron chi connectivity index (χ4n) is 2.34. The lowest BCUT2D eigenvalue weighted by Crippen LogP contribution is -2.24. The van der Waals surface area contributed by atoms with Crippen LogP contribution in [0.15, 0.2) is 22.7 Å². The van der Waals surface area contributed by atoms with Crippen molar-refractivity contribution in [3.05, 3.63) is 41.0 Å². The molecule has 0 fully saturated rings. The van der Waals surface area contributed by atoms with Gasteiger partial charge in [0.15, 0.2) is 12.4 Å². The molecule has 2 rings (SSSR count). The minimum absolute atomic E-state index is 0. The minimum Gasteiger partial charge on any atom is -0.484 e. The van der Waals surface area contributed by atoms with Gasteiger partial charge in [0, 0.05) is 12.5 Å². The standard InChI is InChI=1S/C17H25N3O2.ClH/c1-11(2)15-7-6-14(8-12(15)3)21-10-17-19-16(20-22-17)9-13(4)18-5;/h6-8,11,13,18H,9-10H2,1-5H3;1H. The van der Waals surface area contributed by atoms with E-state index in [0.29, 0.717) is 30.3 Å². The lowest BCUT2D eigenvalue weighted by Gasteiger charge is -2.11. The summed E-state index contributed by atoms with van der Waals surface area (Å²) in [5.74, 6) is 2.54. The Hall–Kier alpha value is -1.59. The van der Waals surface area contributed by atoms with E-state index in [4.69, 9.17) is 9.26 Å². The molecule has 23 heavy (non-hydrogen) atoms. The minimum atomic E-state index is 0. The smallest absolute Gasteiger partial charge is 0.264 e. The molecule has 128 valence electrons. The molecule has 6 heteroatoms. The van der Waals surface area contributed by atoms with Crippen LogP contribution in [-0.2, 0) is 13.0 Å². The van der Waals surface area contributed by atoms with Gasteiger partial charge in [-0.05, 0) is 50.1 Å². The molecule has 0 saturated heterocycles. The average Bonchev–Trinajstić information content (AvgIpc) is 2.92. The van der Waals surface area contributed by atoms with Crippen molar-refractivity contribution in [3.8, 4) is 5.75 Å². The third-order valence-corrected chi connectivity index (χ3v) is 3.72. The van der Waals surface area contributed by atoms with E-state index in [1.807, 2.05) is 13.1 Å². The second-order valence-corrected chi connectivity index (χ2v) is 5.96. The van der Waals surface area contributed by atoms with Crippen LogP contribution >= 0.6 is 12.4 Å². The van der Waals surface area contributed by atoms with Crippen LogP contribution in [0.1, 0.15) is 49.5 Å². The summed E-state index contributed by atoms with van der Waals surface area (Å²) >= 11 is 0. The highest BCUT2D eigenvalue weighted by molar-refractivity contribution is 5.85. The molecule has 5 nitrogen and oxygen atoms in total. The lowest BCUT2D eigenvalue weighted by atomic mass is 9.98. The van der Waals surface area contributed by atoms with Crippen molar-refractivity contribution in [2.75, 3.05) is 7.05 Å². The summed E-state index contributed by atoms with van der Waals surface area (Å²) in [7, 11) is 1.91. The largest absolute Gasteiger partial charge is 0.484 e. The van der Waals surface area contributed by atoms with Crippen LogP contribution in [0.3, 0.4) is 0 Å². The summed E-state index contributed by atoms with van der Waals surface area (Å²) < 4.78 is 11.0. The van der Waals surface area contributed by atoms with E-state index in [2.05, 4.69) is 55.3 Å². The number of aryl methyl sites for hydroxylation is 1. The van der Waals surface area contributed by atoms with Gasteiger partial charge in [-0.25, -0.2) is 0 Å². The Morgan fingerprint density at radius 2 is 2.00 bits per heavy atom. The van der Waals surface area contributed by atoms with E-state index in [1.54, 1.807) is 0 Å². The number of nitrogens with one attached hydrogen (secondary N) is 1. The van der Waals surface area contributed by atoms with Crippen molar-refractivity contribution >= 4 is 12.4 Å². The van der Waals surface area contributed by atoms with Gasteiger partial charge in [-0.2, -0.15) is 4.98 Å². The SMILES string of the molecule is CNC(C)Cc1noc(COc2ccc(C(C)C)c(C)c2)n1.Cl. The van der Waals surface area contributed by atoms with E-state index in [1.165, 1.54) is 11.1 Å². The van der Waals surface area contributed by atoms with Gasteiger partial charge in [0.2, 0.25) is 0 Å². The Labute approximate surface area is 144 Å². The summed E-state index contributed by atoms with van der Waals surface area (Å²) in [6.07, 6.45) is 0.738. The number of rotatable bonds is 7. The molecule has 0 aliphatic carbocycles. The van der Waals surface area contributed by atoms with E-state index in [9.17, 15) is 0 Å². The van der Waals surface area contributed by atoms with E-state index < -0.39 is 0 Å². The first-order chi connectivity index (χ1) is 10.5. The van der Waals surface area contributed by atoms with Gasteiger partial charge in [-0.1, -0.05) is 25.1 Å². The van der Waals surface area contributed by atoms with Gasteiger partial charge in [0.05, 0.1) is 0 Å². The second kappa shape index (κ2) is 8.89. The van der Waals surface area contributed by atoms with Crippen LogP contribution in [0, 0.1) is 6.92 Å². The van der Waals surface area contributed by atoms with Crippen LogP contribution in [-0.4, -0.2) is 23.2 Å². The molecule has 1 N–H and O–H groups in total. The third-order valence-electron chi connectivity index (χ3n) is 3.72. The fraction of sp³-hybridized carbons (Fsp3) is 0.529. The number of likely N-dealkylation sites (N-methyl/N-ethyl adjacent to an activating group) is 1. The molecule has 0 aliphatic rings. The van der Waals surface area contributed by atoms with Crippen molar-refractivity contribution in [2.24, 2.45) is 0 Å². The van der Waals surface area contributed by atoms with Crippen LogP contribution in [0.2, 0.25) is 0 Å². The highest BCUT2D eigenvalue weighted by Crippen LogP contribution is 2.23. The maximum absolute atomic E-state index is 5.74. The number of ether oxygens (including phenoxy) is 1. The number of hydrogen-bond acceptors (Lipinski definition) is 5. The van der Waals surface area contributed by atoms with Gasteiger partial charge in [-0.3, -0.25) is 0 Å². The lowest BCUT2D eigenvalue weighted by molar-refractivity contribution is 0.242. The van der Waals surface area contributed by atoms with Gasteiger partial charge >= 0.3 is 0 Å². The molecule has 1 aromatic carbocycles. The van der Waals surface area contributed by atoms with Crippen LogP contribution in [0.5, 0.6) is 5.75 Å². The summed E-state index contributed by atoms with van der Waals surface area (Å²) in [5.41, 5.74) is 2.58. The Morgan fingerprint density at radius 3 is 2.61 bits per heavy atom. The quantitative estimate of drug-likeness (QED) is 0.834. The van der Waals surface area contributed by atoms with Crippen molar-refractivity contribution in [3.63, 3.8) is 0 Å². The number of nitrogens with zero attached hydrogens (tertiary/aromatic N) is 2. The molecule has 0 bridgehead atoms. The number of hydrogen-bond donors (Lipinski definition) is 1. The Bertz CT molecular complexity index is 614. The highest BCUT2D eigenvalue weighted by Gasteiger charge is 2.10. The molecular weight excluding hydrogens is 314 g/mol.